The van der Waals surface area contributed by atoms with Gasteiger partial charge in [-0.05, 0) is 17.7 Å². The van der Waals surface area contributed by atoms with E-state index in [1.165, 1.54) is 6.07 Å². The Balaban J connectivity index is 3.83. The first-order chi connectivity index (χ1) is 8.11. The first-order valence-corrected chi connectivity index (χ1v) is 6.71. The molecular weight excluding hydrogens is 293 g/mol. The molecule has 0 amide bonds. The number of benzene rings is 1. The number of rotatable bonds is 2. The van der Waals surface area contributed by atoms with Gasteiger partial charge in [0.2, 0.25) is 0 Å². The molecule has 0 aliphatic rings. The molecule has 9 heteroatoms. The van der Waals surface area contributed by atoms with Crippen molar-refractivity contribution in [3.05, 3.63) is 28.8 Å². The molecule has 98 valence electrons. The third-order valence-corrected chi connectivity index (χ3v) is 3.44. The van der Waals surface area contributed by atoms with E-state index in [0.29, 0.717) is 6.07 Å². The molecule has 1 aromatic carbocycles. The summed E-state index contributed by atoms with van der Waals surface area (Å²) >= 11 is 0. The molecule has 0 fully saturated rings. The summed E-state index contributed by atoms with van der Waals surface area (Å²) in [4.78, 5) is -1.24. The molecule has 0 aromatic heterocycles. The predicted molar refractivity (Wildman–Crippen MR) is 57.1 cm³/mol. The number of halogens is 4. The van der Waals surface area contributed by atoms with E-state index in [4.69, 9.17) is 21.7 Å². The van der Waals surface area contributed by atoms with E-state index in [1.54, 1.807) is 0 Å². The van der Waals surface area contributed by atoms with Crippen molar-refractivity contribution in [1.82, 2.24) is 0 Å². The number of nitriles is 1. The molecular formula is C9H6ClF3N2O2S. The molecule has 0 saturated carbocycles. The van der Waals surface area contributed by atoms with Crippen molar-refractivity contribution >= 4 is 19.7 Å². The lowest BCUT2D eigenvalue weighted by Gasteiger charge is -2.13. The molecule has 18 heavy (non-hydrogen) atoms. The number of nitrogens with two attached hydrogens (primary N) is 1. The van der Waals surface area contributed by atoms with Gasteiger partial charge in [-0.15, -0.1) is 0 Å². The van der Waals surface area contributed by atoms with E-state index in [1.807, 2.05) is 0 Å². The fourth-order valence-electron chi connectivity index (χ4n) is 1.36. The summed E-state index contributed by atoms with van der Waals surface area (Å²) in [6.45, 7) is -0.264. The summed E-state index contributed by atoms with van der Waals surface area (Å²) in [6, 6.07) is 2.90. The van der Waals surface area contributed by atoms with Crippen molar-refractivity contribution in [2.75, 3.05) is 0 Å². The summed E-state index contributed by atoms with van der Waals surface area (Å²) < 4.78 is 60.5. The summed E-state index contributed by atoms with van der Waals surface area (Å²) in [5.74, 6) is 0. The average molecular weight is 299 g/mol. The quantitative estimate of drug-likeness (QED) is 0.846. The minimum Gasteiger partial charge on any atom is -0.326 e. The van der Waals surface area contributed by atoms with Gasteiger partial charge in [-0.1, -0.05) is 0 Å². The molecule has 1 aromatic rings. The van der Waals surface area contributed by atoms with Crippen molar-refractivity contribution in [2.24, 2.45) is 5.73 Å². The van der Waals surface area contributed by atoms with Crippen molar-refractivity contribution in [2.45, 2.75) is 17.6 Å². The Morgan fingerprint density at radius 2 is 1.94 bits per heavy atom. The van der Waals surface area contributed by atoms with Gasteiger partial charge in [-0.3, -0.25) is 0 Å². The summed E-state index contributed by atoms with van der Waals surface area (Å²) in [5.41, 5.74) is 3.01. The highest BCUT2D eigenvalue weighted by molar-refractivity contribution is 8.13. The van der Waals surface area contributed by atoms with Crippen LogP contribution < -0.4 is 5.73 Å². The Kier molecular flexibility index (Phi) is 3.90. The predicted octanol–water partition coefficient (Wildman–Crippen LogP) is 1.96. The Bertz CT molecular complexity index is 620. The topological polar surface area (TPSA) is 83.9 Å². The smallest absolute Gasteiger partial charge is 0.326 e. The molecule has 0 spiro atoms. The van der Waals surface area contributed by atoms with Gasteiger partial charge in [0, 0.05) is 17.2 Å². The van der Waals surface area contributed by atoms with Gasteiger partial charge in [0.05, 0.1) is 11.1 Å². The lowest BCUT2D eigenvalue weighted by molar-refractivity contribution is -0.139. The summed E-state index contributed by atoms with van der Waals surface area (Å²) in [5, 5.41) is 8.71. The molecule has 4 nitrogen and oxygen atoms in total. The molecule has 0 aliphatic heterocycles. The lowest BCUT2D eigenvalue weighted by Crippen LogP contribution is -2.14. The molecule has 0 radical (unpaired) electrons. The van der Waals surface area contributed by atoms with Crippen LogP contribution in [0.4, 0.5) is 13.2 Å². The van der Waals surface area contributed by atoms with E-state index >= 15 is 0 Å². The van der Waals surface area contributed by atoms with E-state index in [0.717, 1.165) is 6.07 Å². The minimum atomic E-state index is -4.95. The Labute approximate surface area is 105 Å². The zero-order valence-corrected chi connectivity index (χ0v) is 10.2. The van der Waals surface area contributed by atoms with Crippen LogP contribution >= 0.6 is 10.7 Å². The number of hydrogen-bond acceptors (Lipinski definition) is 4. The molecule has 0 saturated heterocycles. The van der Waals surface area contributed by atoms with Crippen LogP contribution in [0.3, 0.4) is 0 Å². The van der Waals surface area contributed by atoms with Gasteiger partial charge in [-0.2, -0.15) is 18.4 Å². The number of alkyl halides is 3. The van der Waals surface area contributed by atoms with Crippen molar-refractivity contribution in [3.8, 4) is 6.07 Å². The summed E-state index contributed by atoms with van der Waals surface area (Å²) in [6.07, 6.45) is -4.95. The third-order valence-electron chi connectivity index (χ3n) is 2.05. The van der Waals surface area contributed by atoms with E-state index in [2.05, 4.69) is 0 Å². The van der Waals surface area contributed by atoms with Gasteiger partial charge in [0.25, 0.3) is 9.05 Å². The normalized spacial score (nSPS) is 12.2. The molecule has 2 N–H and O–H groups in total. The highest BCUT2D eigenvalue weighted by atomic mass is 35.7. The van der Waals surface area contributed by atoms with Crippen LogP contribution in [0.2, 0.25) is 0 Å². The lowest BCUT2D eigenvalue weighted by atomic mass is 10.1. The Hall–Kier alpha value is -1.30. The number of nitrogens with zero attached hydrogens (tertiary/aromatic N) is 1. The van der Waals surface area contributed by atoms with Gasteiger partial charge in [0.1, 0.15) is 11.0 Å². The highest BCUT2D eigenvalue weighted by Crippen LogP contribution is 2.37. The van der Waals surface area contributed by atoms with Crippen LogP contribution in [0.25, 0.3) is 0 Å². The zero-order valence-electron chi connectivity index (χ0n) is 8.62. The molecule has 1 rings (SSSR count). The SMILES string of the molecule is N#Cc1cc(CN)cc(C(F)(F)F)c1S(=O)(=O)Cl. The maximum Gasteiger partial charge on any atom is 0.417 e. The molecule has 0 unspecified atom stereocenters. The van der Waals surface area contributed by atoms with Crippen LogP contribution in [-0.4, -0.2) is 8.42 Å². The fourth-order valence-corrected chi connectivity index (χ4v) is 2.67. The molecule has 0 heterocycles. The second-order valence-electron chi connectivity index (χ2n) is 3.27. The van der Waals surface area contributed by atoms with E-state index in [9.17, 15) is 21.6 Å². The van der Waals surface area contributed by atoms with Crippen LogP contribution in [0.5, 0.6) is 0 Å². The van der Waals surface area contributed by atoms with Crippen LogP contribution in [-0.2, 0) is 21.8 Å². The first-order valence-electron chi connectivity index (χ1n) is 4.40. The molecule has 0 bridgehead atoms. The fraction of sp³-hybridized carbons (Fsp3) is 0.222. The Morgan fingerprint density at radius 1 is 1.39 bits per heavy atom. The monoisotopic (exact) mass is 298 g/mol. The zero-order chi connectivity index (χ0) is 14.1. The van der Waals surface area contributed by atoms with Crippen molar-refractivity contribution < 1.29 is 21.6 Å². The van der Waals surface area contributed by atoms with Gasteiger partial charge < -0.3 is 5.73 Å². The van der Waals surface area contributed by atoms with Crippen molar-refractivity contribution in [3.63, 3.8) is 0 Å². The second kappa shape index (κ2) is 4.76. The molecule has 0 atom stereocenters. The third kappa shape index (κ3) is 2.93. The first kappa shape index (κ1) is 14.8. The minimum absolute atomic E-state index is 0.0112. The largest absolute Gasteiger partial charge is 0.417 e. The van der Waals surface area contributed by atoms with Gasteiger partial charge >= 0.3 is 6.18 Å². The average Bonchev–Trinajstić information content (AvgIpc) is 2.24. The van der Waals surface area contributed by atoms with Crippen LogP contribution in [0, 0.1) is 11.3 Å². The van der Waals surface area contributed by atoms with Gasteiger partial charge in [-0.25, -0.2) is 8.42 Å². The maximum absolute atomic E-state index is 12.7. The van der Waals surface area contributed by atoms with E-state index in [-0.39, 0.29) is 12.1 Å². The standard InChI is InChI=1S/C9H6ClF3N2O2S/c10-18(16,17)8-6(4-15)1-5(3-14)2-7(8)9(11,12)13/h1-2H,3,14H2. The van der Waals surface area contributed by atoms with Crippen LogP contribution in [0.15, 0.2) is 17.0 Å². The summed E-state index contributed by atoms with van der Waals surface area (Å²) in [7, 11) is 0.244. The number of hydrogen-bond donors (Lipinski definition) is 1. The van der Waals surface area contributed by atoms with Crippen LogP contribution in [0.1, 0.15) is 16.7 Å². The Morgan fingerprint density at radius 3 is 2.28 bits per heavy atom. The van der Waals surface area contributed by atoms with Crippen molar-refractivity contribution in [1.29, 1.82) is 5.26 Å². The van der Waals surface area contributed by atoms with Gasteiger partial charge in [0.15, 0.2) is 0 Å². The molecule has 0 aliphatic carbocycles. The highest BCUT2D eigenvalue weighted by Gasteiger charge is 2.38. The maximum atomic E-state index is 12.7. The van der Waals surface area contributed by atoms with E-state index < -0.39 is 31.2 Å². The second-order valence-corrected chi connectivity index (χ2v) is 5.77.